The van der Waals surface area contributed by atoms with Gasteiger partial charge in [0.05, 0.1) is 0 Å². The monoisotopic (exact) mass is 230 g/mol. The minimum atomic E-state index is -0.485. The first-order valence-electron chi connectivity index (χ1n) is 5.86. The van der Waals surface area contributed by atoms with Gasteiger partial charge in [0.15, 0.2) is 6.10 Å². The first-order valence-corrected chi connectivity index (χ1v) is 5.86. The van der Waals surface area contributed by atoms with Crippen LogP contribution < -0.4 is 0 Å². The Bertz CT molecular complexity index is 220. The van der Waals surface area contributed by atoms with Gasteiger partial charge in [-0.3, -0.25) is 0 Å². The lowest BCUT2D eigenvalue weighted by Crippen LogP contribution is -2.32. The van der Waals surface area contributed by atoms with Crippen molar-refractivity contribution in [2.24, 2.45) is 5.41 Å². The van der Waals surface area contributed by atoms with Crippen LogP contribution in [0.4, 0.5) is 0 Å². The lowest BCUT2D eigenvalue weighted by Gasteiger charge is -2.23. The number of hydrogen-bond donors (Lipinski definition) is 0. The van der Waals surface area contributed by atoms with Crippen molar-refractivity contribution in [3.8, 4) is 0 Å². The van der Waals surface area contributed by atoms with E-state index in [1.807, 2.05) is 20.8 Å². The molecule has 0 aromatic rings. The van der Waals surface area contributed by atoms with E-state index in [4.69, 9.17) is 9.47 Å². The molecule has 0 spiro atoms. The van der Waals surface area contributed by atoms with Crippen LogP contribution in [0, 0.1) is 5.41 Å². The largest absolute Gasteiger partial charge is 0.458 e. The van der Waals surface area contributed by atoms with Crippen molar-refractivity contribution in [3.05, 3.63) is 0 Å². The summed E-state index contributed by atoms with van der Waals surface area (Å²) in [6, 6.07) is 0. The zero-order valence-corrected chi connectivity index (χ0v) is 11.7. The molecule has 0 saturated heterocycles. The average Bonchev–Trinajstić information content (AvgIpc) is 1.98. The minimum absolute atomic E-state index is 0.230. The quantitative estimate of drug-likeness (QED) is 0.696. The maximum atomic E-state index is 11.6. The lowest BCUT2D eigenvalue weighted by molar-refractivity contribution is -0.167. The number of rotatable bonds is 4. The van der Waals surface area contributed by atoms with Crippen LogP contribution in [0.25, 0.3) is 0 Å². The highest BCUT2D eigenvalue weighted by molar-refractivity contribution is 5.74. The van der Waals surface area contributed by atoms with E-state index in [0.29, 0.717) is 6.61 Å². The second-order valence-electron chi connectivity index (χ2n) is 6.36. The van der Waals surface area contributed by atoms with Crippen LogP contribution in [0.1, 0.15) is 54.9 Å². The SMILES string of the molecule is CC(OCCC(C)(C)C)C(=O)OC(C)(C)C. The Hall–Kier alpha value is -0.570. The van der Waals surface area contributed by atoms with Crippen molar-refractivity contribution in [3.63, 3.8) is 0 Å². The van der Waals surface area contributed by atoms with Gasteiger partial charge in [0.2, 0.25) is 0 Å². The normalized spacial score (nSPS) is 14.7. The van der Waals surface area contributed by atoms with E-state index in [1.165, 1.54) is 0 Å². The number of ether oxygens (including phenoxy) is 2. The summed E-state index contributed by atoms with van der Waals surface area (Å²) in [6.07, 6.45) is 0.446. The van der Waals surface area contributed by atoms with Gasteiger partial charge in [0.25, 0.3) is 0 Å². The summed E-state index contributed by atoms with van der Waals surface area (Å²) in [6.45, 7) is 14.3. The molecule has 0 aromatic carbocycles. The Morgan fingerprint density at radius 2 is 1.62 bits per heavy atom. The highest BCUT2D eigenvalue weighted by atomic mass is 16.6. The molecule has 0 heterocycles. The molecular formula is C13H26O3. The molecule has 0 radical (unpaired) electrons. The van der Waals surface area contributed by atoms with Gasteiger partial charge >= 0.3 is 5.97 Å². The fraction of sp³-hybridized carbons (Fsp3) is 0.923. The summed E-state index contributed by atoms with van der Waals surface area (Å²) < 4.78 is 10.7. The first-order chi connectivity index (χ1) is 7.01. The molecule has 0 saturated carbocycles. The summed E-state index contributed by atoms with van der Waals surface area (Å²) >= 11 is 0. The highest BCUT2D eigenvalue weighted by Crippen LogP contribution is 2.18. The van der Waals surface area contributed by atoms with E-state index in [2.05, 4.69) is 20.8 Å². The molecule has 0 aliphatic heterocycles. The molecule has 3 heteroatoms. The van der Waals surface area contributed by atoms with Crippen molar-refractivity contribution >= 4 is 5.97 Å². The zero-order valence-electron chi connectivity index (χ0n) is 11.7. The number of carbonyl (C=O) groups excluding carboxylic acids is 1. The van der Waals surface area contributed by atoms with E-state index in [9.17, 15) is 4.79 Å². The summed E-state index contributed by atoms with van der Waals surface area (Å²) in [5.74, 6) is -0.290. The molecular weight excluding hydrogens is 204 g/mol. The molecule has 3 nitrogen and oxygen atoms in total. The van der Waals surface area contributed by atoms with Gasteiger partial charge in [-0.25, -0.2) is 4.79 Å². The van der Waals surface area contributed by atoms with E-state index in [1.54, 1.807) is 6.92 Å². The van der Waals surface area contributed by atoms with Gasteiger partial charge in [0, 0.05) is 6.61 Å². The molecule has 1 unspecified atom stereocenters. The molecule has 0 amide bonds. The summed E-state index contributed by atoms with van der Waals surface area (Å²) in [5.41, 5.74) is -0.216. The van der Waals surface area contributed by atoms with Crippen molar-refractivity contribution in [1.29, 1.82) is 0 Å². The second-order valence-corrected chi connectivity index (χ2v) is 6.36. The fourth-order valence-electron chi connectivity index (χ4n) is 0.995. The van der Waals surface area contributed by atoms with Crippen LogP contribution >= 0.6 is 0 Å². The van der Waals surface area contributed by atoms with Gasteiger partial charge < -0.3 is 9.47 Å². The maximum Gasteiger partial charge on any atom is 0.335 e. The van der Waals surface area contributed by atoms with E-state index in [0.717, 1.165) is 6.42 Å². The van der Waals surface area contributed by atoms with Crippen LogP contribution in [0.3, 0.4) is 0 Å². The van der Waals surface area contributed by atoms with Crippen LogP contribution in [-0.2, 0) is 14.3 Å². The van der Waals surface area contributed by atoms with Crippen molar-refractivity contribution < 1.29 is 14.3 Å². The third-order valence-electron chi connectivity index (χ3n) is 1.96. The molecule has 96 valence electrons. The van der Waals surface area contributed by atoms with Crippen molar-refractivity contribution in [2.75, 3.05) is 6.61 Å². The summed E-state index contributed by atoms with van der Waals surface area (Å²) in [4.78, 5) is 11.6. The van der Waals surface area contributed by atoms with Gasteiger partial charge in [0.1, 0.15) is 5.60 Å². The number of esters is 1. The van der Waals surface area contributed by atoms with Crippen LogP contribution in [0.15, 0.2) is 0 Å². The summed E-state index contributed by atoms with van der Waals surface area (Å²) in [7, 11) is 0. The van der Waals surface area contributed by atoms with Gasteiger partial charge in [-0.05, 0) is 39.5 Å². The standard InChI is InChI=1S/C13H26O3/c1-10(11(14)16-13(5,6)7)15-9-8-12(2,3)4/h10H,8-9H2,1-7H3. The van der Waals surface area contributed by atoms with E-state index < -0.39 is 11.7 Å². The molecule has 0 rings (SSSR count). The smallest absolute Gasteiger partial charge is 0.335 e. The number of hydrogen-bond acceptors (Lipinski definition) is 3. The maximum absolute atomic E-state index is 11.6. The van der Waals surface area contributed by atoms with Gasteiger partial charge in [-0.15, -0.1) is 0 Å². The molecule has 16 heavy (non-hydrogen) atoms. The Labute approximate surface area is 99.5 Å². The predicted molar refractivity (Wildman–Crippen MR) is 65.3 cm³/mol. The molecule has 0 aromatic heterocycles. The van der Waals surface area contributed by atoms with Gasteiger partial charge in [-0.1, -0.05) is 20.8 Å². The van der Waals surface area contributed by atoms with Crippen LogP contribution in [0.5, 0.6) is 0 Å². The first kappa shape index (κ1) is 15.4. The topological polar surface area (TPSA) is 35.5 Å². The highest BCUT2D eigenvalue weighted by Gasteiger charge is 2.22. The third-order valence-corrected chi connectivity index (χ3v) is 1.96. The molecule has 0 fully saturated rings. The Morgan fingerprint density at radius 3 is 2.00 bits per heavy atom. The summed E-state index contributed by atoms with van der Waals surface area (Å²) in [5, 5.41) is 0. The zero-order chi connectivity index (χ0) is 13.0. The Morgan fingerprint density at radius 1 is 1.12 bits per heavy atom. The van der Waals surface area contributed by atoms with Crippen molar-refractivity contribution in [2.45, 2.75) is 66.6 Å². The second kappa shape index (κ2) is 5.67. The Balaban J connectivity index is 3.89. The molecule has 0 aliphatic rings. The molecule has 0 N–H and O–H groups in total. The molecule has 0 aliphatic carbocycles. The minimum Gasteiger partial charge on any atom is -0.458 e. The van der Waals surface area contributed by atoms with Crippen molar-refractivity contribution in [1.82, 2.24) is 0 Å². The van der Waals surface area contributed by atoms with E-state index >= 15 is 0 Å². The lowest BCUT2D eigenvalue weighted by atomic mass is 9.93. The molecule has 1 atom stereocenters. The average molecular weight is 230 g/mol. The molecule has 0 bridgehead atoms. The predicted octanol–water partition coefficient (Wildman–Crippen LogP) is 3.17. The number of carbonyl (C=O) groups is 1. The van der Waals surface area contributed by atoms with Crippen LogP contribution in [-0.4, -0.2) is 24.3 Å². The third kappa shape index (κ3) is 8.72. The van der Waals surface area contributed by atoms with Gasteiger partial charge in [-0.2, -0.15) is 0 Å². The Kier molecular flexibility index (Phi) is 5.47. The van der Waals surface area contributed by atoms with Crippen LogP contribution in [0.2, 0.25) is 0 Å². The van der Waals surface area contributed by atoms with E-state index in [-0.39, 0.29) is 11.4 Å². The fourth-order valence-corrected chi connectivity index (χ4v) is 0.995.